The number of nitrogens with zero attached hydrogens (tertiary/aromatic N) is 2. The molecule has 1 aromatic heterocycles. The van der Waals surface area contributed by atoms with Crippen LogP contribution < -0.4 is 4.74 Å². The monoisotopic (exact) mass is 352 g/mol. The largest absolute Gasteiger partial charge is 0.492 e. The first-order valence-corrected chi connectivity index (χ1v) is 8.23. The molecule has 24 heavy (non-hydrogen) atoms. The molecule has 4 nitrogen and oxygen atoms in total. The van der Waals surface area contributed by atoms with Crippen LogP contribution in [0, 0.1) is 5.82 Å². The van der Waals surface area contributed by atoms with Crippen molar-refractivity contribution in [3.63, 3.8) is 0 Å². The zero-order chi connectivity index (χ0) is 17.5. The fraction of sp³-hybridized carbons (Fsp3) is 0.389. The summed E-state index contributed by atoms with van der Waals surface area (Å²) in [5.74, 6) is -0.444. The normalized spacial score (nSPS) is 12.4. The highest BCUT2D eigenvalue weighted by Gasteiger charge is 2.19. The van der Waals surface area contributed by atoms with Crippen molar-refractivity contribution in [1.29, 1.82) is 0 Å². The first-order chi connectivity index (χ1) is 11.6. The molecule has 0 aliphatic heterocycles. The van der Waals surface area contributed by atoms with Gasteiger partial charge in [-0.05, 0) is 36.2 Å². The van der Waals surface area contributed by atoms with E-state index in [2.05, 4.69) is 9.88 Å². The van der Waals surface area contributed by atoms with Gasteiger partial charge in [0.05, 0.1) is 24.4 Å². The maximum Gasteiger partial charge on any atom is 0.173 e. The average molecular weight is 353 g/mol. The van der Waals surface area contributed by atoms with E-state index in [9.17, 15) is 9.50 Å². The van der Waals surface area contributed by atoms with E-state index in [1.54, 1.807) is 12.3 Å². The van der Waals surface area contributed by atoms with E-state index in [0.29, 0.717) is 13.1 Å². The van der Waals surface area contributed by atoms with E-state index in [4.69, 9.17) is 16.3 Å². The lowest BCUT2D eigenvalue weighted by Gasteiger charge is -2.29. The zero-order valence-electron chi connectivity index (χ0n) is 13.9. The van der Waals surface area contributed by atoms with Gasteiger partial charge < -0.3 is 9.84 Å². The van der Waals surface area contributed by atoms with Crippen LogP contribution in [-0.2, 0) is 13.1 Å². The standard InChI is InChI=1S/C18H22ClFN2O2/c1-3-15(12-23)22(11-14-6-4-5-7-21-14)10-13-8-16(19)18(24-2)17(20)9-13/h4-9,15,23H,3,10-12H2,1-2H3/t15-/m1/s1. The highest BCUT2D eigenvalue weighted by atomic mass is 35.5. The summed E-state index contributed by atoms with van der Waals surface area (Å²) in [6.45, 7) is 3.05. The minimum atomic E-state index is -0.491. The molecule has 0 fully saturated rings. The second-order valence-corrected chi connectivity index (χ2v) is 5.97. The molecule has 1 aromatic carbocycles. The Morgan fingerprint density at radius 2 is 2.12 bits per heavy atom. The van der Waals surface area contributed by atoms with E-state index >= 15 is 0 Å². The second-order valence-electron chi connectivity index (χ2n) is 5.56. The average Bonchev–Trinajstić information content (AvgIpc) is 2.56. The van der Waals surface area contributed by atoms with Gasteiger partial charge in [0.2, 0.25) is 0 Å². The summed E-state index contributed by atoms with van der Waals surface area (Å²) in [5.41, 5.74) is 1.62. The Morgan fingerprint density at radius 1 is 1.33 bits per heavy atom. The van der Waals surface area contributed by atoms with Crippen LogP contribution in [0.15, 0.2) is 36.5 Å². The molecule has 1 atom stereocenters. The number of aromatic nitrogens is 1. The van der Waals surface area contributed by atoms with Crippen LogP contribution in [-0.4, -0.2) is 34.7 Å². The predicted molar refractivity (Wildman–Crippen MR) is 92.6 cm³/mol. The SMILES string of the molecule is CC[C@H](CO)N(Cc1cc(F)c(OC)c(Cl)c1)Cc1ccccn1. The van der Waals surface area contributed by atoms with Crippen molar-refractivity contribution in [3.8, 4) is 5.75 Å². The summed E-state index contributed by atoms with van der Waals surface area (Å²) in [7, 11) is 1.39. The number of ether oxygens (including phenoxy) is 1. The Hall–Kier alpha value is -1.69. The number of hydrogen-bond donors (Lipinski definition) is 1. The van der Waals surface area contributed by atoms with Gasteiger partial charge in [-0.25, -0.2) is 4.39 Å². The Labute approximate surface area is 146 Å². The van der Waals surface area contributed by atoms with Crippen molar-refractivity contribution in [2.75, 3.05) is 13.7 Å². The molecule has 1 heterocycles. The molecule has 2 aromatic rings. The summed E-state index contributed by atoms with van der Waals surface area (Å²) in [4.78, 5) is 6.40. The summed E-state index contributed by atoms with van der Waals surface area (Å²) in [6.07, 6.45) is 2.51. The highest BCUT2D eigenvalue weighted by molar-refractivity contribution is 6.32. The molecule has 0 spiro atoms. The van der Waals surface area contributed by atoms with Crippen molar-refractivity contribution in [1.82, 2.24) is 9.88 Å². The maximum absolute atomic E-state index is 14.1. The molecule has 6 heteroatoms. The van der Waals surface area contributed by atoms with Gasteiger partial charge in [0.15, 0.2) is 11.6 Å². The van der Waals surface area contributed by atoms with Gasteiger partial charge in [-0.1, -0.05) is 24.6 Å². The Bertz CT molecular complexity index is 628. The van der Waals surface area contributed by atoms with Crippen LogP contribution in [0.4, 0.5) is 4.39 Å². The molecule has 0 aliphatic carbocycles. The molecule has 130 valence electrons. The van der Waals surface area contributed by atoms with Crippen molar-refractivity contribution in [2.24, 2.45) is 0 Å². The van der Waals surface area contributed by atoms with Crippen molar-refractivity contribution in [3.05, 3.63) is 58.6 Å². The summed E-state index contributed by atoms with van der Waals surface area (Å²) >= 11 is 6.08. The molecular weight excluding hydrogens is 331 g/mol. The van der Waals surface area contributed by atoms with Gasteiger partial charge in [0.1, 0.15) is 0 Å². The van der Waals surface area contributed by atoms with Crippen molar-refractivity contribution in [2.45, 2.75) is 32.5 Å². The molecule has 0 saturated heterocycles. The molecule has 0 radical (unpaired) electrons. The fourth-order valence-electron chi connectivity index (χ4n) is 2.65. The molecule has 0 saturated carbocycles. The number of aliphatic hydroxyl groups is 1. The molecular formula is C18H22ClFN2O2. The number of aliphatic hydroxyl groups excluding tert-OH is 1. The number of pyridine rings is 1. The van der Waals surface area contributed by atoms with E-state index in [0.717, 1.165) is 17.7 Å². The van der Waals surface area contributed by atoms with Crippen LogP contribution in [0.5, 0.6) is 5.75 Å². The fourth-order valence-corrected chi connectivity index (χ4v) is 2.96. The van der Waals surface area contributed by atoms with Gasteiger partial charge >= 0.3 is 0 Å². The minimum absolute atomic E-state index is 0.0235. The third-order valence-electron chi connectivity index (χ3n) is 3.94. The number of rotatable bonds is 8. The quantitative estimate of drug-likeness (QED) is 0.787. The van der Waals surface area contributed by atoms with Crippen molar-refractivity contribution < 1.29 is 14.2 Å². The van der Waals surface area contributed by atoms with E-state index < -0.39 is 5.82 Å². The van der Waals surface area contributed by atoms with Gasteiger partial charge in [-0.15, -0.1) is 0 Å². The lowest BCUT2D eigenvalue weighted by molar-refractivity contribution is 0.105. The second kappa shape index (κ2) is 8.97. The third-order valence-corrected chi connectivity index (χ3v) is 4.22. The number of halogens is 2. The topological polar surface area (TPSA) is 45.6 Å². The summed E-state index contributed by atoms with van der Waals surface area (Å²) in [6, 6.07) is 8.77. The predicted octanol–water partition coefficient (Wildman–Crippen LogP) is 3.66. The molecule has 0 unspecified atom stereocenters. The Morgan fingerprint density at radius 3 is 2.67 bits per heavy atom. The van der Waals surface area contributed by atoms with Crippen LogP contribution >= 0.6 is 11.6 Å². The lowest BCUT2D eigenvalue weighted by Crippen LogP contribution is -2.36. The van der Waals surface area contributed by atoms with Gasteiger partial charge in [0.25, 0.3) is 0 Å². The van der Waals surface area contributed by atoms with Crippen LogP contribution in [0.2, 0.25) is 5.02 Å². The van der Waals surface area contributed by atoms with Crippen LogP contribution in [0.3, 0.4) is 0 Å². The van der Waals surface area contributed by atoms with Crippen LogP contribution in [0.1, 0.15) is 24.6 Å². The number of methoxy groups -OCH3 is 1. The Kier molecular flexibility index (Phi) is 6.97. The smallest absolute Gasteiger partial charge is 0.173 e. The molecule has 0 aliphatic rings. The minimum Gasteiger partial charge on any atom is -0.492 e. The number of benzene rings is 1. The molecule has 1 N–H and O–H groups in total. The van der Waals surface area contributed by atoms with Crippen molar-refractivity contribution >= 4 is 11.6 Å². The van der Waals surface area contributed by atoms with E-state index in [-0.39, 0.29) is 23.4 Å². The number of hydrogen-bond acceptors (Lipinski definition) is 4. The van der Waals surface area contributed by atoms with Gasteiger partial charge in [-0.2, -0.15) is 0 Å². The third kappa shape index (κ3) is 4.66. The summed E-state index contributed by atoms with van der Waals surface area (Å²) in [5, 5.41) is 9.90. The first kappa shape index (κ1) is 18.6. The van der Waals surface area contributed by atoms with Gasteiger partial charge in [-0.3, -0.25) is 9.88 Å². The lowest BCUT2D eigenvalue weighted by atomic mass is 10.1. The molecule has 2 rings (SSSR count). The summed E-state index contributed by atoms with van der Waals surface area (Å²) < 4.78 is 19.0. The molecule has 0 amide bonds. The maximum atomic E-state index is 14.1. The van der Waals surface area contributed by atoms with E-state index in [1.807, 2.05) is 25.1 Å². The Balaban J connectivity index is 2.24. The van der Waals surface area contributed by atoms with Gasteiger partial charge in [0, 0.05) is 25.3 Å². The van der Waals surface area contributed by atoms with E-state index in [1.165, 1.54) is 13.2 Å². The highest BCUT2D eigenvalue weighted by Crippen LogP contribution is 2.29. The first-order valence-electron chi connectivity index (χ1n) is 7.85. The van der Waals surface area contributed by atoms with Crippen LogP contribution in [0.25, 0.3) is 0 Å². The zero-order valence-corrected chi connectivity index (χ0v) is 14.6. The molecule has 0 bridgehead atoms.